The van der Waals surface area contributed by atoms with Gasteiger partial charge in [-0.25, -0.2) is 0 Å². The van der Waals surface area contributed by atoms with Crippen LogP contribution in [0.4, 0.5) is 0 Å². The summed E-state index contributed by atoms with van der Waals surface area (Å²) >= 11 is 0. The molecule has 2 unspecified atom stereocenters. The zero-order chi connectivity index (χ0) is 14.3. The van der Waals surface area contributed by atoms with Gasteiger partial charge in [-0.3, -0.25) is 9.59 Å². The average Bonchev–Trinajstić information content (AvgIpc) is 2.47. The molecule has 3 heteroatoms. The van der Waals surface area contributed by atoms with Crippen LogP contribution in [0.25, 0.3) is 0 Å². The summed E-state index contributed by atoms with van der Waals surface area (Å²) < 4.78 is 0. The molecule has 2 aliphatic carbocycles. The molecule has 0 amide bonds. The molecule has 20 heavy (non-hydrogen) atoms. The number of benzene rings is 1. The third-order valence-corrected chi connectivity index (χ3v) is 4.94. The maximum absolute atomic E-state index is 12.6. The van der Waals surface area contributed by atoms with E-state index in [9.17, 15) is 14.7 Å². The zero-order valence-corrected chi connectivity index (χ0v) is 11.7. The second kappa shape index (κ2) is 5.13. The molecule has 0 radical (unpaired) electrons. The van der Waals surface area contributed by atoms with Crippen LogP contribution in [0.2, 0.25) is 0 Å². The van der Waals surface area contributed by atoms with Crippen LogP contribution in [0, 0.1) is 17.8 Å². The van der Waals surface area contributed by atoms with Crippen LogP contribution in [0.3, 0.4) is 0 Å². The van der Waals surface area contributed by atoms with Crippen LogP contribution in [0.1, 0.15) is 53.3 Å². The Morgan fingerprint density at radius 1 is 0.950 bits per heavy atom. The second-order valence-corrected chi connectivity index (χ2v) is 6.26. The zero-order valence-electron chi connectivity index (χ0n) is 11.7. The summed E-state index contributed by atoms with van der Waals surface area (Å²) in [6, 6.07) is 6.86. The van der Waals surface area contributed by atoms with Gasteiger partial charge in [0.2, 0.25) is 0 Å². The van der Waals surface area contributed by atoms with Gasteiger partial charge in [-0.15, -0.1) is 0 Å². The van der Waals surface area contributed by atoms with Gasteiger partial charge in [0.05, 0.1) is 5.92 Å². The van der Waals surface area contributed by atoms with Gasteiger partial charge in [-0.1, -0.05) is 44.0 Å². The molecule has 1 aromatic carbocycles. The van der Waals surface area contributed by atoms with E-state index in [4.69, 9.17) is 0 Å². The Labute approximate surface area is 119 Å². The minimum Gasteiger partial charge on any atom is -0.384 e. The van der Waals surface area contributed by atoms with Crippen LogP contribution in [0.15, 0.2) is 24.3 Å². The Kier molecular flexibility index (Phi) is 3.47. The molecule has 0 aromatic heterocycles. The van der Waals surface area contributed by atoms with E-state index < -0.39 is 12.0 Å². The van der Waals surface area contributed by atoms with Crippen LogP contribution >= 0.6 is 0 Å². The smallest absolute Gasteiger partial charge is 0.192 e. The van der Waals surface area contributed by atoms with Crippen molar-refractivity contribution < 1.29 is 14.7 Å². The molecule has 2 aliphatic rings. The normalized spacial score (nSPS) is 33.9. The van der Waals surface area contributed by atoms with Crippen molar-refractivity contribution in [2.24, 2.45) is 17.8 Å². The summed E-state index contributed by atoms with van der Waals surface area (Å²) in [6.07, 6.45) is 2.87. The number of fused-ring (bicyclic) bond motifs is 1. The number of ketones is 2. The quantitative estimate of drug-likeness (QED) is 0.855. The largest absolute Gasteiger partial charge is 0.384 e. The molecule has 0 spiro atoms. The molecule has 0 saturated heterocycles. The summed E-state index contributed by atoms with van der Waals surface area (Å²) in [6.45, 7) is 2.22. The van der Waals surface area contributed by atoms with Gasteiger partial charge >= 0.3 is 0 Å². The highest BCUT2D eigenvalue weighted by Gasteiger charge is 2.44. The number of rotatable bonds is 1. The Balaban J connectivity index is 1.93. The lowest BCUT2D eigenvalue weighted by Gasteiger charge is -2.36. The predicted molar refractivity (Wildman–Crippen MR) is 75.7 cm³/mol. The van der Waals surface area contributed by atoms with Gasteiger partial charge in [0.25, 0.3) is 0 Å². The molecule has 1 fully saturated rings. The molecule has 1 saturated carbocycles. The Bertz CT molecular complexity index is 541. The highest BCUT2D eigenvalue weighted by Crippen LogP contribution is 2.39. The first kappa shape index (κ1) is 13.5. The first-order valence-electron chi connectivity index (χ1n) is 7.45. The van der Waals surface area contributed by atoms with E-state index >= 15 is 0 Å². The SMILES string of the molecule is CC1CCC(C2C(=O)c3ccccc3C(=O)C2O)CC1. The van der Waals surface area contributed by atoms with E-state index in [0.717, 1.165) is 25.7 Å². The molecule has 0 aliphatic heterocycles. The van der Waals surface area contributed by atoms with Crippen molar-refractivity contribution in [3.63, 3.8) is 0 Å². The summed E-state index contributed by atoms with van der Waals surface area (Å²) in [7, 11) is 0. The van der Waals surface area contributed by atoms with E-state index in [0.29, 0.717) is 17.0 Å². The van der Waals surface area contributed by atoms with Crippen LogP contribution < -0.4 is 0 Å². The van der Waals surface area contributed by atoms with E-state index in [1.165, 1.54) is 0 Å². The summed E-state index contributed by atoms with van der Waals surface area (Å²) in [5.41, 5.74) is 0.872. The van der Waals surface area contributed by atoms with Crippen molar-refractivity contribution in [2.45, 2.75) is 38.7 Å². The molecule has 3 rings (SSSR count). The van der Waals surface area contributed by atoms with Gasteiger partial charge in [0, 0.05) is 11.1 Å². The lowest BCUT2D eigenvalue weighted by Crippen LogP contribution is -2.45. The van der Waals surface area contributed by atoms with Crippen LogP contribution in [-0.4, -0.2) is 22.8 Å². The summed E-state index contributed by atoms with van der Waals surface area (Å²) in [5.74, 6) is -0.0444. The highest BCUT2D eigenvalue weighted by molar-refractivity contribution is 6.17. The number of Topliss-reactive ketones (excluding diaryl/α,β-unsaturated/α-hetero) is 2. The van der Waals surface area contributed by atoms with Crippen molar-refractivity contribution in [1.82, 2.24) is 0 Å². The molecular weight excluding hydrogens is 252 g/mol. The third kappa shape index (κ3) is 2.10. The predicted octanol–water partition coefficient (Wildman–Crippen LogP) is 2.87. The average molecular weight is 272 g/mol. The first-order valence-corrected chi connectivity index (χ1v) is 7.45. The van der Waals surface area contributed by atoms with Gasteiger partial charge < -0.3 is 5.11 Å². The summed E-state index contributed by atoms with van der Waals surface area (Å²) in [5, 5.41) is 10.3. The van der Waals surface area contributed by atoms with Crippen LogP contribution in [0.5, 0.6) is 0 Å². The van der Waals surface area contributed by atoms with Crippen LogP contribution in [-0.2, 0) is 0 Å². The number of carbonyl (C=O) groups is 2. The van der Waals surface area contributed by atoms with Gasteiger partial charge in [-0.2, -0.15) is 0 Å². The fourth-order valence-corrected chi connectivity index (χ4v) is 3.68. The van der Waals surface area contributed by atoms with Gasteiger partial charge in [0.15, 0.2) is 11.6 Å². The maximum Gasteiger partial charge on any atom is 0.192 e. The van der Waals surface area contributed by atoms with E-state index in [2.05, 4.69) is 6.92 Å². The van der Waals surface area contributed by atoms with E-state index in [1.54, 1.807) is 24.3 Å². The maximum atomic E-state index is 12.6. The molecule has 0 bridgehead atoms. The first-order chi connectivity index (χ1) is 9.59. The van der Waals surface area contributed by atoms with Crippen molar-refractivity contribution in [3.05, 3.63) is 35.4 Å². The summed E-state index contributed by atoms with van der Waals surface area (Å²) in [4.78, 5) is 24.9. The standard InChI is InChI=1S/C17H20O3/c1-10-6-8-11(9-7-10)14-15(18)12-4-2-3-5-13(12)16(19)17(14)20/h2-5,10-11,14,17,20H,6-9H2,1H3. The number of carbonyl (C=O) groups excluding carboxylic acids is 2. The highest BCUT2D eigenvalue weighted by atomic mass is 16.3. The van der Waals surface area contributed by atoms with Crippen molar-refractivity contribution in [3.8, 4) is 0 Å². The number of aliphatic hydroxyl groups is 1. The Morgan fingerprint density at radius 2 is 1.50 bits per heavy atom. The van der Waals surface area contributed by atoms with Crippen molar-refractivity contribution in [2.75, 3.05) is 0 Å². The fourth-order valence-electron chi connectivity index (χ4n) is 3.68. The molecule has 3 nitrogen and oxygen atoms in total. The van der Waals surface area contributed by atoms with Crippen molar-refractivity contribution >= 4 is 11.6 Å². The number of hydrogen-bond acceptors (Lipinski definition) is 3. The molecule has 106 valence electrons. The minimum atomic E-state index is -1.16. The molecule has 2 atom stereocenters. The van der Waals surface area contributed by atoms with Crippen molar-refractivity contribution in [1.29, 1.82) is 0 Å². The fraction of sp³-hybridized carbons (Fsp3) is 0.529. The lowest BCUT2D eigenvalue weighted by atomic mass is 9.68. The minimum absolute atomic E-state index is 0.0488. The lowest BCUT2D eigenvalue weighted by molar-refractivity contribution is 0.0331. The number of aliphatic hydroxyl groups excluding tert-OH is 1. The van der Waals surface area contributed by atoms with E-state index in [-0.39, 0.29) is 17.5 Å². The van der Waals surface area contributed by atoms with E-state index in [1.807, 2.05) is 0 Å². The number of hydrogen-bond donors (Lipinski definition) is 1. The molecule has 1 N–H and O–H groups in total. The monoisotopic (exact) mass is 272 g/mol. The molecule has 1 aromatic rings. The molecular formula is C17H20O3. The topological polar surface area (TPSA) is 54.4 Å². The second-order valence-electron chi connectivity index (χ2n) is 6.26. The Hall–Kier alpha value is -1.48. The Morgan fingerprint density at radius 3 is 2.10 bits per heavy atom. The third-order valence-electron chi connectivity index (χ3n) is 4.94. The van der Waals surface area contributed by atoms with Gasteiger partial charge in [0.1, 0.15) is 6.10 Å². The molecule has 0 heterocycles. The van der Waals surface area contributed by atoms with Gasteiger partial charge in [-0.05, 0) is 24.7 Å².